The lowest BCUT2D eigenvalue weighted by Gasteiger charge is -2.30. The lowest BCUT2D eigenvalue weighted by molar-refractivity contribution is -0.140. The molecule has 2 rings (SSSR count). The van der Waals surface area contributed by atoms with Gasteiger partial charge in [0.25, 0.3) is 0 Å². The number of likely N-dealkylation sites (tertiary alicyclic amines) is 1. The van der Waals surface area contributed by atoms with Crippen molar-refractivity contribution in [2.75, 3.05) is 6.54 Å². The molecule has 184 valence electrons. The lowest BCUT2D eigenvalue weighted by atomic mass is 9.79. The second-order valence-corrected chi connectivity index (χ2v) is 10.5. The molecule has 2 amide bonds. The molecule has 1 saturated carbocycles. The first-order chi connectivity index (χ1) is 15.6. The van der Waals surface area contributed by atoms with Crippen LogP contribution in [-0.2, 0) is 14.4 Å². The average molecular weight is 448 g/mol. The number of carbonyl (C=O) groups is 3. The Morgan fingerprint density at radius 3 is 1.97 bits per heavy atom. The molecule has 1 saturated heterocycles. The molecule has 1 aliphatic heterocycles. The van der Waals surface area contributed by atoms with Gasteiger partial charge in [0, 0.05) is 31.2 Å². The molecule has 1 atom stereocenters. The van der Waals surface area contributed by atoms with E-state index in [9.17, 15) is 14.4 Å². The van der Waals surface area contributed by atoms with E-state index < -0.39 is 0 Å². The highest BCUT2D eigenvalue weighted by Gasteiger charge is 2.39. The fourth-order valence-electron chi connectivity index (χ4n) is 5.55. The quantitative estimate of drug-likeness (QED) is 0.174. The number of imide groups is 1. The van der Waals surface area contributed by atoms with E-state index in [2.05, 4.69) is 13.8 Å². The van der Waals surface area contributed by atoms with E-state index in [1.807, 2.05) is 0 Å². The minimum atomic E-state index is -0.0797. The first-order valence-electron chi connectivity index (χ1n) is 13.9. The first kappa shape index (κ1) is 27.1. The number of ketones is 1. The minimum absolute atomic E-state index is 0.0345. The normalized spacial score (nSPS) is 23.8. The highest BCUT2D eigenvalue weighted by Crippen LogP contribution is 2.33. The fourth-order valence-corrected chi connectivity index (χ4v) is 5.55. The zero-order chi connectivity index (χ0) is 23.2. The predicted octanol–water partition coefficient (Wildman–Crippen LogP) is 7.24. The fraction of sp³-hybridized carbons (Fsp3) is 0.893. The van der Waals surface area contributed by atoms with Gasteiger partial charge in [0.05, 0.1) is 0 Å². The Morgan fingerprint density at radius 2 is 1.34 bits per heavy atom. The number of hydrogen-bond acceptors (Lipinski definition) is 3. The largest absolute Gasteiger partial charge is 0.299 e. The SMILES string of the molecule is CCCCCCCCC(=O)[C@H]1CC[C@H](CN2C(=O)C[C@@H](CCCCCCCC)C2=O)CC1. The van der Waals surface area contributed by atoms with Gasteiger partial charge in [0.15, 0.2) is 0 Å². The van der Waals surface area contributed by atoms with Crippen molar-refractivity contribution in [3.63, 3.8) is 0 Å². The number of Topliss-reactive ketones (excluding diaryl/α,β-unsaturated/α-hetero) is 1. The summed E-state index contributed by atoms with van der Waals surface area (Å²) in [4.78, 5) is 39.4. The third-order valence-corrected chi connectivity index (χ3v) is 7.76. The zero-order valence-electron chi connectivity index (χ0n) is 21.0. The van der Waals surface area contributed by atoms with Gasteiger partial charge in [-0.05, 0) is 44.4 Å². The standard InChI is InChI=1S/C28H49NO3/c1-3-5-7-9-11-13-15-25-21-27(31)29(28(25)32)22-23-17-19-24(20-18-23)26(30)16-14-12-10-8-6-4-2/h23-25H,3-22H2,1-2H3/t23-,24-,25-/m1/s1. The molecular weight excluding hydrogens is 398 g/mol. The van der Waals surface area contributed by atoms with Crippen molar-refractivity contribution in [2.24, 2.45) is 17.8 Å². The van der Waals surface area contributed by atoms with E-state index in [1.165, 1.54) is 64.2 Å². The van der Waals surface area contributed by atoms with Gasteiger partial charge in [0.1, 0.15) is 5.78 Å². The first-order valence-corrected chi connectivity index (χ1v) is 13.9. The summed E-state index contributed by atoms with van der Waals surface area (Å²) in [7, 11) is 0. The van der Waals surface area contributed by atoms with Gasteiger partial charge < -0.3 is 0 Å². The molecule has 4 nitrogen and oxygen atoms in total. The zero-order valence-corrected chi connectivity index (χ0v) is 21.0. The van der Waals surface area contributed by atoms with E-state index in [-0.39, 0.29) is 23.7 Å². The highest BCUT2D eigenvalue weighted by atomic mass is 16.2. The Morgan fingerprint density at radius 1 is 0.781 bits per heavy atom. The van der Waals surface area contributed by atoms with Crippen LogP contribution in [0.25, 0.3) is 0 Å². The molecule has 2 fully saturated rings. The predicted molar refractivity (Wildman–Crippen MR) is 131 cm³/mol. The van der Waals surface area contributed by atoms with Crippen LogP contribution in [0.3, 0.4) is 0 Å². The summed E-state index contributed by atoms with van der Waals surface area (Å²) in [6.45, 7) is 5.03. The molecule has 0 radical (unpaired) electrons. The second-order valence-electron chi connectivity index (χ2n) is 10.5. The molecule has 1 heterocycles. The number of amides is 2. The van der Waals surface area contributed by atoms with E-state index in [0.717, 1.165) is 51.4 Å². The topological polar surface area (TPSA) is 54.5 Å². The Labute approximate surface area is 197 Å². The maximum Gasteiger partial charge on any atom is 0.232 e. The Balaban J connectivity index is 1.62. The van der Waals surface area contributed by atoms with Crippen LogP contribution in [0.1, 0.15) is 136 Å². The molecule has 0 N–H and O–H groups in total. The molecule has 32 heavy (non-hydrogen) atoms. The van der Waals surface area contributed by atoms with Crippen LogP contribution in [0.5, 0.6) is 0 Å². The van der Waals surface area contributed by atoms with Gasteiger partial charge in [-0.3, -0.25) is 19.3 Å². The molecule has 2 aliphatic rings. The van der Waals surface area contributed by atoms with Crippen molar-refractivity contribution >= 4 is 17.6 Å². The number of rotatable bonds is 17. The van der Waals surface area contributed by atoms with Crippen LogP contribution in [0.4, 0.5) is 0 Å². The van der Waals surface area contributed by atoms with E-state index in [0.29, 0.717) is 24.7 Å². The average Bonchev–Trinajstić information content (AvgIpc) is 3.06. The number of hydrogen-bond donors (Lipinski definition) is 0. The number of nitrogens with zero attached hydrogens (tertiary/aromatic N) is 1. The van der Waals surface area contributed by atoms with Crippen LogP contribution in [0.15, 0.2) is 0 Å². The summed E-state index contributed by atoms with van der Waals surface area (Å²) in [5, 5.41) is 0. The van der Waals surface area contributed by atoms with Crippen molar-refractivity contribution in [3.8, 4) is 0 Å². The van der Waals surface area contributed by atoms with Gasteiger partial charge in [-0.15, -0.1) is 0 Å². The van der Waals surface area contributed by atoms with Gasteiger partial charge in [0.2, 0.25) is 11.8 Å². The van der Waals surface area contributed by atoms with Crippen LogP contribution in [0, 0.1) is 17.8 Å². The van der Waals surface area contributed by atoms with Gasteiger partial charge in [-0.1, -0.05) is 84.5 Å². The van der Waals surface area contributed by atoms with Crippen molar-refractivity contribution in [2.45, 2.75) is 136 Å². The van der Waals surface area contributed by atoms with Crippen molar-refractivity contribution < 1.29 is 14.4 Å². The maximum absolute atomic E-state index is 12.8. The van der Waals surface area contributed by atoms with Crippen LogP contribution < -0.4 is 0 Å². The maximum atomic E-state index is 12.8. The summed E-state index contributed by atoms with van der Waals surface area (Å²) in [5.41, 5.74) is 0. The summed E-state index contributed by atoms with van der Waals surface area (Å²) in [6, 6.07) is 0. The molecule has 0 aromatic carbocycles. The molecule has 0 unspecified atom stereocenters. The summed E-state index contributed by atoms with van der Waals surface area (Å²) in [5.74, 6) is 1.08. The molecule has 0 bridgehead atoms. The summed E-state index contributed by atoms with van der Waals surface area (Å²) < 4.78 is 0. The van der Waals surface area contributed by atoms with E-state index in [4.69, 9.17) is 0 Å². The van der Waals surface area contributed by atoms with Crippen molar-refractivity contribution in [1.82, 2.24) is 4.90 Å². The van der Waals surface area contributed by atoms with Gasteiger partial charge in [-0.25, -0.2) is 0 Å². The van der Waals surface area contributed by atoms with Gasteiger partial charge in [-0.2, -0.15) is 0 Å². The molecule has 4 heteroatoms. The third-order valence-electron chi connectivity index (χ3n) is 7.76. The van der Waals surface area contributed by atoms with Crippen molar-refractivity contribution in [3.05, 3.63) is 0 Å². The Bertz CT molecular complexity index is 565. The highest BCUT2D eigenvalue weighted by molar-refractivity contribution is 6.03. The van der Waals surface area contributed by atoms with E-state index in [1.54, 1.807) is 4.90 Å². The summed E-state index contributed by atoms with van der Waals surface area (Å²) >= 11 is 0. The minimum Gasteiger partial charge on any atom is -0.299 e. The van der Waals surface area contributed by atoms with Crippen LogP contribution >= 0.6 is 0 Å². The third kappa shape index (κ3) is 9.35. The van der Waals surface area contributed by atoms with Crippen LogP contribution in [0.2, 0.25) is 0 Å². The smallest absolute Gasteiger partial charge is 0.232 e. The monoisotopic (exact) mass is 447 g/mol. The molecule has 0 aromatic rings. The molecule has 1 aliphatic carbocycles. The Hall–Kier alpha value is -1.19. The molecule has 0 spiro atoms. The second kappa shape index (κ2) is 15.6. The Kier molecular flexibility index (Phi) is 13.2. The van der Waals surface area contributed by atoms with Crippen LogP contribution in [-0.4, -0.2) is 29.0 Å². The summed E-state index contributed by atoms with van der Waals surface area (Å²) in [6.07, 6.45) is 20.5. The van der Waals surface area contributed by atoms with Crippen molar-refractivity contribution in [1.29, 1.82) is 0 Å². The molecular formula is C28H49NO3. The number of carbonyl (C=O) groups excluding carboxylic acids is 3. The lowest BCUT2D eigenvalue weighted by Crippen LogP contribution is -2.37. The van der Waals surface area contributed by atoms with Gasteiger partial charge >= 0.3 is 0 Å². The van der Waals surface area contributed by atoms with E-state index >= 15 is 0 Å². The molecule has 0 aromatic heterocycles. The number of unbranched alkanes of at least 4 members (excludes halogenated alkanes) is 10.